The second-order valence-corrected chi connectivity index (χ2v) is 27.7. The van der Waals surface area contributed by atoms with Gasteiger partial charge in [0, 0.05) is 51.2 Å². The molecule has 366 valence electrons. The Labute approximate surface area is 432 Å². The fourth-order valence-corrected chi connectivity index (χ4v) is 15.6. The van der Waals surface area contributed by atoms with Gasteiger partial charge < -0.3 is 14.7 Å². The van der Waals surface area contributed by atoms with E-state index in [2.05, 4.69) is 259 Å². The Morgan fingerprint density at radius 3 is 1.40 bits per heavy atom. The Bertz CT molecular complexity index is 3360. The van der Waals surface area contributed by atoms with Gasteiger partial charge in [0.05, 0.1) is 0 Å². The SMILES string of the molecule is Cc1cc2c(cc1N1c3ccc(N(c4ccccc4)c4ccccc4)cc3B3c4cc5c(cc4N(c4ccc6c(c4)C(C)(C)CC6(C)C)c4cc(C(C)(C)C)cc1c43)C(C)(C)CC5(C)C)C(C)(C)CC2(C)C. The van der Waals surface area contributed by atoms with Gasteiger partial charge in [0.2, 0.25) is 0 Å². The molecule has 0 spiro atoms. The van der Waals surface area contributed by atoms with Crippen LogP contribution in [0.1, 0.15) is 168 Å². The molecule has 0 saturated heterocycles. The topological polar surface area (TPSA) is 9.72 Å². The largest absolute Gasteiger partial charge is 0.311 e. The van der Waals surface area contributed by atoms with Crippen molar-refractivity contribution in [2.45, 2.75) is 168 Å². The second kappa shape index (κ2) is 15.1. The third kappa shape index (κ3) is 6.89. The summed E-state index contributed by atoms with van der Waals surface area (Å²) in [5.74, 6) is 0. The van der Waals surface area contributed by atoms with E-state index in [1.165, 1.54) is 95.0 Å². The molecule has 0 N–H and O–H groups in total. The van der Waals surface area contributed by atoms with E-state index < -0.39 is 0 Å². The molecule has 0 saturated carbocycles. The van der Waals surface area contributed by atoms with Crippen LogP contribution in [0.2, 0.25) is 0 Å². The van der Waals surface area contributed by atoms with E-state index >= 15 is 0 Å². The van der Waals surface area contributed by atoms with Crippen molar-refractivity contribution in [3.63, 3.8) is 0 Å². The minimum absolute atomic E-state index is 0.0198. The molecule has 72 heavy (non-hydrogen) atoms. The second-order valence-electron chi connectivity index (χ2n) is 27.7. The normalized spacial score (nSPS) is 19.5. The van der Waals surface area contributed by atoms with Gasteiger partial charge in [-0.25, -0.2) is 0 Å². The molecule has 4 heteroatoms. The van der Waals surface area contributed by atoms with E-state index in [-0.39, 0.29) is 44.6 Å². The van der Waals surface area contributed by atoms with E-state index in [9.17, 15) is 0 Å². The number of para-hydroxylation sites is 2. The third-order valence-corrected chi connectivity index (χ3v) is 18.2. The Hall–Kier alpha value is -6.00. The van der Waals surface area contributed by atoms with Crippen molar-refractivity contribution in [3.8, 4) is 0 Å². The molecule has 7 aromatic rings. The predicted octanol–water partition coefficient (Wildman–Crippen LogP) is 16.7. The quantitative estimate of drug-likeness (QED) is 0.159. The fraction of sp³-hybridized carbons (Fsp3) is 0.382. The number of nitrogens with zero attached hydrogens (tertiary/aromatic N) is 3. The number of rotatable bonds is 5. The van der Waals surface area contributed by atoms with Gasteiger partial charge in [-0.2, -0.15) is 0 Å². The van der Waals surface area contributed by atoms with Crippen LogP contribution in [0.5, 0.6) is 0 Å². The van der Waals surface area contributed by atoms with Gasteiger partial charge in [0.15, 0.2) is 0 Å². The van der Waals surface area contributed by atoms with Crippen LogP contribution in [-0.2, 0) is 37.9 Å². The monoisotopic (exact) mass is 946 g/mol. The van der Waals surface area contributed by atoms with Gasteiger partial charge in [-0.15, -0.1) is 0 Å². The summed E-state index contributed by atoms with van der Waals surface area (Å²) < 4.78 is 0. The van der Waals surface area contributed by atoms with Gasteiger partial charge >= 0.3 is 0 Å². The van der Waals surface area contributed by atoms with E-state index in [0.29, 0.717) is 0 Å². The lowest BCUT2D eigenvalue weighted by Gasteiger charge is -2.46. The molecule has 0 bridgehead atoms. The number of anilines is 9. The minimum atomic E-state index is -0.123. The highest BCUT2D eigenvalue weighted by molar-refractivity contribution is 7.00. The predicted molar refractivity (Wildman–Crippen MR) is 311 cm³/mol. The van der Waals surface area contributed by atoms with Crippen molar-refractivity contribution in [2.75, 3.05) is 14.7 Å². The molecule has 0 amide bonds. The number of aryl methyl sites for hydroxylation is 1. The third-order valence-electron chi connectivity index (χ3n) is 18.2. The summed E-state index contributed by atoms with van der Waals surface area (Å²) in [5.41, 5.74) is 27.1. The van der Waals surface area contributed by atoms with Crippen LogP contribution in [0, 0.1) is 6.92 Å². The molecule has 3 aliphatic carbocycles. The Kier molecular flexibility index (Phi) is 9.83. The molecule has 7 aromatic carbocycles. The van der Waals surface area contributed by atoms with Gasteiger partial charge in [-0.1, -0.05) is 158 Å². The van der Waals surface area contributed by atoms with E-state index in [1.807, 2.05) is 0 Å². The van der Waals surface area contributed by atoms with Crippen LogP contribution in [0.25, 0.3) is 0 Å². The fourth-order valence-electron chi connectivity index (χ4n) is 15.6. The lowest BCUT2D eigenvalue weighted by molar-refractivity contribution is 0.402. The van der Waals surface area contributed by atoms with Crippen LogP contribution >= 0.6 is 0 Å². The highest BCUT2D eigenvalue weighted by Crippen LogP contribution is 2.57. The van der Waals surface area contributed by atoms with Crippen molar-refractivity contribution in [3.05, 3.63) is 178 Å². The molecule has 0 aromatic heterocycles. The van der Waals surface area contributed by atoms with Crippen molar-refractivity contribution in [1.82, 2.24) is 0 Å². The summed E-state index contributed by atoms with van der Waals surface area (Å²) in [6.07, 6.45) is 3.37. The van der Waals surface area contributed by atoms with Crippen molar-refractivity contribution in [2.24, 2.45) is 0 Å². The zero-order chi connectivity index (χ0) is 51.0. The number of benzene rings is 7. The molecule has 5 aliphatic rings. The molecule has 2 heterocycles. The average Bonchev–Trinajstić information content (AvgIpc) is 3.70. The first-order valence-electron chi connectivity index (χ1n) is 27.0. The highest BCUT2D eigenvalue weighted by atomic mass is 15.2. The molecule has 12 rings (SSSR count). The van der Waals surface area contributed by atoms with Crippen LogP contribution in [0.15, 0.2) is 133 Å². The molecular formula is C68H76BN3. The molecule has 0 unspecified atom stereocenters. The maximum Gasteiger partial charge on any atom is 0.252 e. The maximum atomic E-state index is 2.72. The number of hydrogen-bond acceptors (Lipinski definition) is 3. The maximum absolute atomic E-state index is 2.72. The van der Waals surface area contributed by atoms with Gasteiger partial charge in [-0.3, -0.25) is 0 Å². The molecule has 0 radical (unpaired) electrons. The Balaban J connectivity index is 1.22. The van der Waals surface area contributed by atoms with E-state index in [0.717, 1.165) is 36.3 Å². The summed E-state index contributed by atoms with van der Waals surface area (Å²) in [6, 6.07) is 52.5. The van der Waals surface area contributed by atoms with E-state index in [4.69, 9.17) is 0 Å². The molecule has 3 nitrogen and oxygen atoms in total. The lowest BCUT2D eigenvalue weighted by Crippen LogP contribution is -2.61. The van der Waals surface area contributed by atoms with Crippen LogP contribution in [0.4, 0.5) is 51.2 Å². The number of hydrogen-bond donors (Lipinski definition) is 0. The first-order valence-corrected chi connectivity index (χ1v) is 27.0. The minimum Gasteiger partial charge on any atom is -0.311 e. The highest BCUT2D eigenvalue weighted by Gasteiger charge is 2.50. The summed E-state index contributed by atoms with van der Waals surface area (Å²) in [6.45, 7) is 39.1. The van der Waals surface area contributed by atoms with Crippen LogP contribution in [-0.4, -0.2) is 6.71 Å². The number of fused-ring (bicyclic) bond motifs is 7. The first-order chi connectivity index (χ1) is 33.7. The van der Waals surface area contributed by atoms with Crippen LogP contribution in [0.3, 0.4) is 0 Å². The summed E-state index contributed by atoms with van der Waals surface area (Å²) in [7, 11) is 0. The summed E-state index contributed by atoms with van der Waals surface area (Å²) in [5, 5.41) is 0. The molecular weight excluding hydrogens is 870 g/mol. The zero-order valence-corrected chi connectivity index (χ0v) is 46.2. The summed E-state index contributed by atoms with van der Waals surface area (Å²) >= 11 is 0. The molecule has 0 atom stereocenters. The van der Waals surface area contributed by atoms with Crippen molar-refractivity contribution in [1.29, 1.82) is 0 Å². The Morgan fingerprint density at radius 1 is 0.403 bits per heavy atom. The van der Waals surface area contributed by atoms with Crippen molar-refractivity contribution >= 4 is 74.3 Å². The van der Waals surface area contributed by atoms with Crippen LogP contribution < -0.4 is 31.1 Å². The Morgan fingerprint density at radius 2 is 0.861 bits per heavy atom. The van der Waals surface area contributed by atoms with Gasteiger partial charge in [0.25, 0.3) is 6.71 Å². The standard InChI is InChI=1S/C68H76BN3/c1-42-31-49-52(67(13,14)40-64(49,7)8)37-57(42)72-56-30-28-47(70(44-23-19-17-20-24-44)45-25-21-18-22-26-45)35-54(56)69-55-36-51-53(68(15,16)41-66(51,11)12)38-58(55)71(59-32-43(62(2,3)4)33-60(72)61(59)69)46-27-29-48-50(34-46)65(9,10)39-63(48,5)6/h17-38H,39-41H2,1-16H3. The smallest absolute Gasteiger partial charge is 0.252 e. The van der Waals surface area contributed by atoms with Gasteiger partial charge in [0.1, 0.15) is 0 Å². The first kappa shape index (κ1) is 47.0. The molecule has 2 aliphatic heterocycles. The summed E-state index contributed by atoms with van der Waals surface area (Å²) in [4.78, 5) is 7.87. The van der Waals surface area contributed by atoms with Gasteiger partial charge in [-0.05, 0) is 204 Å². The van der Waals surface area contributed by atoms with E-state index in [1.54, 1.807) is 0 Å². The lowest BCUT2D eigenvalue weighted by atomic mass is 9.33. The van der Waals surface area contributed by atoms with Crippen molar-refractivity contribution < 1.29 is 0 Å². The average molecular weight is 946 g/mol. The molecule has 0 fully saturated rings. The zero-order valence-electron chi connectivity index (χ0n) is 46.2.